The lowest BCUT2D eigenvalue weighted by atomic mass is 10.3. The number of nitrogens with one attached hydrogen (secondary N) is 2. The molecule has 1 saturated heterocycles. The Kier molecular flexibility index (Phi) is 6.66. The van der Waals surface area contributed by atoms with Crippen molar-refractivity contribution in [3.8, 4) is 11.8 Å². The van der Waals surface area contributed by atoms with Crippen LogP contribution in [-0.4, -0.2) is 61.5 Å². The molecular weight excluding hydrogens is 388 g/mol. The second-order valence-corrected chi connectivity index (χ2v) is 6.23. The average Bonchev–Trinajstić information content (AvgIpc) is 2.73. The SMILES string of the molecule is COc1nc(CNC(=O)Nc2cc(Cl)ccc2OC)nc(N2CCOCC2)n1. The van der Waals surface area contributed by atoms with Crippen molar-refractivity contribution in [1.82, 2.24) is 20.3 Å². The molecule has 0 unspecified atom stereocenters. The van der Waals surface area contributed by atoms with Gasteiger partial charge in [-0.3, -0.25) is 0 Å². The van der Waals surface area contributed by atoms with E-state index in [0.29, 0.717) is 54.5 Å². The lowest BCUT2D eigenvalue weighted by Gasteiger charge is -2.26. The number of rotatable bonds is 6. The van der Waals surface area contributed by atoms with E-state index in [1.165, 1.54) is 14.2 Å². The number of nitrogens with zero attached hydrogens (tertiary/aromatic N) is 4. The first-order chi connectivity index (χ1) is 13.6. The third-order valence-electron chi connectivity index (χ3n) is 3.94. The molecule has 0 saturated carbocycles. The standard InChI is InChI=1S/C17H21ClN6O4/c1-26-13-4-3-11(18)9-12(13)20-16(25)19-10-14-21-15(23-17(22-14)27-2)24-5-7-28-8-6-24/h3-4,9H,5-8,10H2,1-2H3,(H2,19,20,25). The Morgan fingerprint density at radius 2 is 2.00 bits per heavy atom. The summed E-state index contributed by atoms with van der Waals surface area (Å²) in [5.74, 6) is 1.36. The first-order valence-electron chi connectivity index (χ1n) is 8.59. The largest absolute Gasteiger partial charge is 0.495 e. The molecule has 0 radical (unpaired) electrons. The highest BCUT2D eigenvalue weighted by Crippen LogP contribution is 2.27. The van der Waals surface area contributed by atoms with E-state index in [0.717, 1.165) is 0 Å². The van der Waals surface area contributed by atoms with Gasteiger partial charge in [0, 0.05) is 18.1 Å². The average molecular weight is 409 g/mol. The van der Waals surface area contributed by atoms with Gasteiger partial charge in [-0.05, 0) is 18.2 Å². The molecule has 150 valence electrons. The molecule has 0 atom stereocenters. The number of carbonyl (C=O) groups excluding carboxylic acids is 1. The van der Waals surface area contributed by atoms with Crippen molar-refractivity contribution in [3.05, 3.63) is 29.0 Å². The fourth-order valence-corrected chi connectivity index (χ4v) is 2.74. The number of hydrogen-bond donors (Lipinski definition) is 2. The third-order valence-corrected chi connectivity index (χ3v) is 4.18. The number of benzene rings is 1. The molecule has 28 heavy (non-hydrogen) atoms. The minimum absolute atomic E-state index is 0.0882. The summed E-state index contributed by atoms with van der Waals surface area (Å²) in [7, 11) is 2.99. The van der Waals surface area contributed by atoms with Crippen LogP contribution in [0.15, 0.2) is 18.2 Å². The Morgan fingerprint density at radius 1 is 1.21 bits per heavy atom. The van der Waals surface area contributed by atoms with Crippen LogP contribution in [-0.2, 0) is 11.3 Å². The van der Waals surface area contributed by atoms with Crippen LogP contribution < -0.4 is 25.0 Å². The molecule has 11 heteroatoms. The van der Waals surface area contributed by atoms with Crippen LogP contribution in [0.2, 0.25) is 5.02 Å². The number of halogens is 1. The third kappa shape index (κ3) is 5.11. The number of urea groups is 1. The number of anilines is 2. The molecule has 0 spiro atoms. The van der Waals surface area contributed by atoms with E-state index in [1.807, 2.05) is 4.90 Å². The Hall–Kier alpha value is -2.85. The Bertz CT molecular complexity index is 831. The van der Waals surface area contributed by atoms with Crippen LogP contribution in [0.4, 0.5) is 16.4 Å². The van der Waals surface area contributed by atoms with Gasteiger partial charge in [-0.15, -0.1) is 0 Å². The second kappa shape index (κ2) is 9.38. The topological polar surface area (TPSA) is 111 Å². The van der Waals surface area contributed by atoms with Gasteiger partial charge in [-0.1, -0.05) is 11.6 Å². The normalized spacial score (nSPS) is 13.8. The summed E-state index contributed by atoms with van der Waals surface area (Å²) < 4.78 is 15.7. The summed E-state index contributed by atoms with van der Waals surface area (Å²) in [5.41, 5.74) is 0.453. The number of amides is 2. The van der Waals surface area contributed by atoms with Crippen molar-refractivity contribution in [3.63, 3.8) is 0 Å². The smallest absolute Gasteiger partial charge is 0.321 e. The predicted molar refractivity (Wildman–Crippen MR) is 103 cm³/mol. The van der Waals surface area contributed by atoms with Gasteiger partial charge in [0.05, 0.1) is 39.7 Å². The van der Waals surface area contributed by atoms with E-state index < -0.39 is 6.03 Å². The molecule has 1 aromatic heterocycles. The van der Waals surface area contributed by atoms with Gasteiger partial charge >= 0.3 is 12.0 Å². The number of morpholine rings is 1. The number of aromatic nitrogens is 3. The highest BCUT2D eigenvalue weighted by atomic mass is 35.5. The van der Waals surface area contributed by atoms with Gasteiger partial charge in [0.25, 0.3) is 0 Å². The predicted octanol–water partition coefficient (Wildman–Crippen LogP) is 1.70. The quantitative estimate of drug-likeness (QED) is 0.743. The lowest BCUT2D eigenvalue weighted by molar-refractivity contribution is 0.122. The number of hydrogen-bond acceptors (Lipinski definition) is 8. The molecule has 1 aromatic carbocycles. The Morgan fingerprint density at radius 3 is 2.71 bits per heavy atom. The van der Waals surface area contributed by atoms with Crippen molar-refractivity contribution in [2.24, 2.45) is 0 Å². The zero-order valence-corrected chi connectivity index (χ0v) is 16.3. The molecule has 2 aromatic rings. The highest BCUT2D eigenvalue weighted by molar-refractivity contribution is 6.31. The van der Waals surface area contributed by atoms with Gasteiger partial charge in [0.15, 0.2) is 5.82 Å². The van der Waals surface area contributed by atoms with Crippen molar-refractivity contribution in [2.45, 2.75) is 6.54 Å². The van der Waals surface area contributed by atoms with Gasteiger partial charge in [-0.25, -0.2) is 4.79 Å². The van der Waals surface area contributed by atoms with Crippen LogP contribution in [0.3, 0.4) is 0 Å². The van der Waals surface area contributed by atoms with Crippen LogP contribution in [0.1, 0.15) is 5.82 Å². The van der Waals surface area contributed by atoms with Crippen LogP contribution in [0.5, 0.6) is 11.8 Å². The summed E-state index contributed by atoms with van der Waals surface area (Å²) in [6, 6.07) is 4.68. The van der Waals surface area contributed by atoms with E-state index in [4.69, 9.17) is 25.8 Å². The molecule has 2 amide bonds. The Labute approximate surface area is 167 Å². The van der Waals surface area contributed by atoms with E-state index in [9.17, 15) is 4.79 Å². The molecule has 0 bridgehead atoms. The van der Waals surface area contributed by atoms with Gasteiger partial charge in [-0.2, -0.15) is 15.0 Å². The zero-order chi connectivity index (χ0) is 19.9. The van der Waals surface area contributed by atoms with Crippen molar-refractivity contribution in [1.29, 1.82) is 0 Å². The molecule has 2 heterocycles. The fourth-order valence-electron chi connectivity index (χ4n) is 2.57. The lowest BCUT2D eigenvalue weighted by Crippen LogP contribution is -2.38. The maximum absolute atomic E-state index is 12.3. The molecule has 2 N–H and O–H groups in total. The fraction of sp³-hybridized carbons (Fsp3) is 0.412. The Balaban J connectivity index is 1.66. The molecule has 0 aliphatic carbocycles. The summed E-state index contributed by atoms with van der Waals surface area (Å²) in [6.07, 6.45) is 0. The van der Waals surface area contributed by atoms with Gasteiger partial charge in [0.1, 0.15) is 5.75 Å². The number of methoxy groups -OCH3 is 2. The zero-order valence-electron chi connectivity index (χ0n) is 15.6. The van der Waals surface area contributed by atoms with Crippen LogP contribution in [0, 0.1) is 0 Å². The monoisotopic (exact) mass is 408 g/mol. The van der Waals surface area contributed by atoms with Crippen LogP contribution in [0.25, 0.3) is 0 Å². The maximum atomic E-state index is 12.3. The van der Waals surface area contributed by atoms with E-state index in [-0.39, 0.29) is 12.6 Å². The number of ether oxygens (including phenoxy) is 3. The molecule has 10 nitrogen and oxygen atoms in total. The van der Waals surface area contributed by atoms with Crippen molar-refractivity contribution < 1.29 is 19.0 Å². The van der Waals surface area contributed by atoms with E-state index >= 15 is 0 Å². The van der Waals surface area contributed by atoms with Gasteiger partial charge < -0.3 is 29.7 Å². The molecular formula is C17H21ClN6O4. The minimum Gasteiger partial charge on any atom is -0.495 e. The first-order valence-corrected chi connectivity index (χ1v) is 8.97. The first kappa shape index (κ1) is 19.9. The molecule has 1 aliphatic heterocycles. The van der Waals surface area contributed by atoms with E-state index in [2.05, 4.69) is 25.6 Å². The second-order valence-electron chi connectivity index (χ2n) is 5.79. The molecule has 1 fully saturated rings. The summed E-state index contributed by atoms with van der Waals surface area (Å²) in [6.45, 7) is 2.64. The highest BCUT2D eigenvalue weighted by Gasteiger charge is 2.17. The maximum Gasteiger partial charge on any atom is 0.321 e. The summed E-state index contributed by atoms with van der Waals surface area (Å²) in [5, 5.41) is 5.87. The molecule has 1 aliphatic rings. The number of carbonyl (C=O) groups is 1. The van der Waals surface area contributed by atoms with E-state index in [1.54, 1.807) is 18.2 Å². The van der Waals surface area contributed by atoms with Crippen LogP contribution >= 0.6 is 11.6 Å². The summed E-state index contributed by atoms with van der Waals surface area (Å²) >= 11 is 5.97. The molecule has 3 rings (SSSR count). The minimum atomic E-state index is -0.451. The summed E-state index contributed by atoms with van der Waals surface area (Å²) in [4.78, 5) is 27.1. The van der Waals surface area contributed by atoms with Gasteiger partial charge in [0.2, 0.25) is 5.95 Å². The van der Waals surface area contributed by atoms with Crippen molar-refractivity contribution >= 4 is 29.3 Å². The van der Waals surface area contributed by atoms with Crippen molar-refractivity contribution in [2.75, 3.05) is 50.7 Å².